The Hall–Kier alpha value is -2.29. The quantitative estimate of drug-likeness (QED) is 0.895. The number of rotatable bonds is 4. The molecule has 1 unspecified atom stereocenters. The van der Waals surface area contributed by atoms with Crippen molar-refractivity contribution in [3.8, 4) is 0 Å². The molecule has 1 atom stereocenters. The first kappa shape index (κ1) is 14.1. The Morgan fingerprint density at radius 1 is 0.950 bits per heavy atom. The Balaban J connectivity index is 2.37. The molecule has 0 saturated heterocycles. The van der Waals surface area contributed by atoms with E-state index in [-0.39, 0.29) is 0 Å². The highest BCUT2D eigenvalue weighted by atomic mass is 16.1. The first-order valence-electron chi connectivity index (χ1n) is 6.64. The van der Waals surface area contributed by atoms with E-state index in [1.807, 2.05) is 62.4 Å². The number of aryl methyl sites for hydroxylation is 2. The normalized spacial score (nSPS) is 13.6. The van der Waals surface area contributed by atoms with Crippen LogP contribution in [0.25, 0.3) is 0 Å². The maximum absolute atomic E-state index is 11.9. The molecule has 3 N–H and O–H groups in total. The van der Waals surface area contributed by atoms with Crippen LogP contribution >= 0.6 is 0 Å². The van der Waals surface area contributed by atoms with E-state index in [0.29, 0.717) is 0 Å². The Kier molecular flexibility index (Phi) is 3.79. The summed E-state index contributed by atoms with van der Waals surface area (Å²) >= 11 is 0. The average Bonchev–Trinajstić information content (AvgIpc) is 2.42. The number of nitrogens with two attached hydrogens (primary N) is 1. The van der Waals surface area contributed by atoms with Gasteiger partial charge in [-0.25, -0.2) is 0 Å². The van der Waals surface area contributed by atoms with E-state index in [1.54, 1.807) is 6.92 Å². The third-order valence-corrected chi connectivity index (χ3v) is 3.57. The van der Waals surface area contributed by atoms with Crippen molar-refractivity contribution >= 4 is 11.6 Å². The second kappa shape index (κ2) is 5.37. The number of nitrogens with one attached hydrogen (secondary N) is 1. The number of carbonyl (C=O) groups is 1. The molecule has 3 heteroatoms. The van der Waals surface area contributed by atoms with Gasteiger partial charge in [0.2, 0.25) is 5.91 Å². The van der Waals surface area contributed by atoms with Crippen LogP contribution in [-0.4, -0.2) is 5.91 Å². The van der Waals surface area contributed by atoms with Crippen LogP contribution in [0.15, 0.2) is 48.5 Å². The molecule has 2 rings (SSSR count). The summed E-state index contributed by atoms with van der Waals surface area (Å²) < 4.78 is 0. The minimum Gasteiger partial charge on any atom is -0.368 e. The molecular formula is C17H20N2O. The Labute approximate surface area is 119 Å². The van der Waals surface area contributed by atoms with E-state index < -0.39 is 11.4 Å². The van der Waals surface area contributed by atoms with E-state index in [4.69, 9.17) is 5.73 Å². The summed E-state index contributed by atoms with van der Waals surface area (Å²) in [6, 6.07) is 15.7. The molecule has 0 aliphatic carbocycles. The fraction of sp³-hybridized carbons (Fsp3) is 0.235. The zero-order valence-electron chi connectivity index (χ0n) is 12.1. The fourth-order valence-electron chi connectivity index (χ4n) is 2.09. The molecule has 0 spiro atoms. The number of carbonyl (C=O) groups excluding carboxylic acids is 1. The van der Waals surface area contributed by atoms with Crippen LogP contribution in [0.1, 0.15) is 23.6 Å². The summed E-state index contributed by atoms with van der Waals surface area (Å²) in [6.45, 7) is 5.84. The van der Waals surface area contributed by atoms with Gasteiger partial charge in [0.05, 0.1) is 0 Å². The largest absolute Gasteiger partial charge is 0.368 e. The number of hydrogen-bond acceptors (Lipinski definition) is 2. The SMILES string of the molecule is Cc1ccc(NC(C)(C(N)=O)c2ccc(C)cc2)cc1. The molecule has 1 amide bonds. The van der Waals surface area contributed by atoms with Crippen molar-refractivity contribution in [2.24, 2.45) is 5.73 Å². The molecule has 0 saturated carbocycles. The van der Waals surface area contributed by atoms with Gasteiger partial charge in [-0.15, -0.1) is 0 Å². The molecular weight excluding hydrogens is 248 g/mol. The number of amides is 1. The molecule has 0 bridgehead atoms. The standard InChI is InChI=1S/C17H20N2O/c1-12-4-8-14(9-5-12)17(3,16(18)20)19-15-10-6-13(2)7-11-15/h4-11,19H,1-3H3,(H2,18,20). The van der Waals surface area contributed by atoms with Crippen LogP contribution in [0.3, 0.4) is 0 Å². The molecule has 0 heterocycles. The maximum Gasteiger partial charge on any atom is 0.247 e. The van der Waals surface area contributed by atoms with Gasteiger partial charge in [-0.1, -0.05) is 47.5 Å². The Bertz CT molecular complexity index is 602. The van der Waals surface area contributed by atoms with Crippen LogP contribution in [0.2, 0.25) is 0 Å². The third-order valence-electron chi connectivity index (χ3n) is 3.57. The summed E-state index contributed by atoms with van der Waals surface area (Å²) in [4.78, 5) is 11.9. The maximum atomic E-state index is 11.9. The van der Waals surface area contributed by atoms with Crippen LogP contribution in [-0.2, 0) is 10.3 Å². The van der Waals surface area contributed by atoms with E-state index in [9.17, 15) is 4.79 Å². The van der Waals surface area contributed by atoms with Crippen molar-refractivity contribution in [2.75, 3.05) is 5.32 Å². The van der Waals surface area contributed by atoms with Gasteiger partial charge in [-0.05, 0) is 38.5 Å². The lowest BCUT2D eigenvalue weighted by atomic mass is 9.90. The Morgan fingerprint density at radius 2 is 1.40 bits per heavy atom. The molecule has 2 aromatic rings. The van der Waals surface area contributed by atoms with Crippen molar-refractivity contribution in [1.29, 1.82) is 0 Å². The predicted octanol–water partition coefficient (Wildman–Crippen LogP) is 3.12. The topological polar surface area (TPSA) is 55.1 Å². The molecule has 2 aromatic carbocycles. The molecule has 0 aliphatic rings. The van der Waals surface area contributed by atoms with Crippen LogP contribution < -0.4 is 11.1 Å². The van der Waals surface area contributed by atoms with Crippen molar-refractivity contribution in [1.82, 2.24) is 0 Å². The van der Waals surface area contributed by atoms with Crippen molar-refractivity contribution in [2.45, 2.75) is 26.3 Å². The lowest BCUT2D eigenvalue weighted by Gasteiger charge is -2.29. The van der Waals surface area contributed by atoms with Gasteiger partial charge < -0.3 is 11.1 Å². The van der Waals surface area contributed by atoms with Gasteiger partial charge in [-0.3, -0.25) is 4.79 Å². The van der Waals surface area contributed by atoms with Gasteiger partial charge in [0, 0.05) is 5.69 Å². The van der Waals surface area contributed by atoms with Gasteiger partial charge in [0.15, 0.2) is 0 Å². The van der Waals surface area contributed by atoms with Crippen LogP contribution in [0.4, 0.5) is 5.69 Å². The number of benzene rings is 2. The van der Waals surface area contributed by atoms with Crippen LogP contribution in [0.5, 0.6) is 0 Å². The summed E-state index contributed by atoms with van der Waals surface area (Å²) in [5.41, 5.74) is 8.74. The second-order valence-electron chi connectivity index (χ2n) is 5.35. The van der Waals surface area contributed by atoms with E-state index in [2.05, 4.69) is 5.32 Å². The first-order valence-corrected chi connectivity index (χ1v) is 6.64. The van der Waals surface area contributed by atoms with E-state index in [0.717, 1.165) is 16.8 Å². The summed E-state index contributed by atoms with van der Waals surface area (Å²) in [5, 5.41) is 3.24. The molecule has 0 fully saturated rings. The van der Waals surface area contributed by atoms with Gasteiger partial charge in [0.1, 0.15) is 5.54 Å². The van der Waals surface area contributed by atoms with E-state index in [1.165, 1.54) is 5.56 Å². The van der Waals surface area contributed by atoms with Crippen molar-refractivity contribution in [3.05, 3.63) is 65.2 Å². The van der Waals surface area contributed by atoms with E-state index >= 15 is 0 Å². The minimum absolute atomic E-state index is 0.401. The highest BCUT2D eigenvalue weighted by molar-refractivity contribution is 5.89. The van der Waals surface area contributed by atoms with Crippen molar-refractivity contribution < 1.29 is 4.79 Å². The third kappa shape index (κ3) is 2.82. The fourth-order valence-corrected chi connectivity index (χ4v) is 2.09. The summed E-state index contributed by atoms with van der Waals surface area (Å²) in [7, 11) is 0. The lowest BCUT2D eigenvalue weighted by Crippen LogP contribution is -2.45. The molecule has 20 heavy (non-hydrogen) atoms. The van der Waals surface area contributed by atoms with Gasteiger partial charge >= 0.3 is 0 Å². The summed E-state index contributed by atoms with van der Waals surface area (Å²) in [6.07, 6.45) is 0. The minimum atomic E-state index is -0.928. The van der Waals surface area contributed by atoms with Crippen molar-refractivity contribution in [3.63, 3.8) is 0 Å². The molecule has 0 aromatic heterocycles. The highest BCUT2D eigenvalue weighted by Crippen LogP contribution is 2.26. The monoisotopic (exact) mass is 268 g/mol. The predicted molar refractivity (Wildman–Crippen MR) is 82.5 cm³/mol. The number of hydrogen-bond donors (Lipinski definition) is 2. The van der Waals surface area contributed by atoms with Gasteiger partial charge in [0.25, 0.3) is 0 Å². The molecule has 0 radical (unpaired) electrons. The number of primary amides is 1. The highest BCUT2D eigenvalue weighted by Gasteiger charge is 2.33. The smallest absolute Gasteiger partial charge is 0.247 e. The van der Waals surface area contributed by atoms with Crippen LogP contribution in [0, 0.1) is 13.8 Å². The average molecular weight is 268 g/mol. The second-order valence-corrected chi connectivity index (χ2v) is 5.35. The molecule has 3 nitrogen and oxygen atoms in total. The van der Waals surface area contributed by atoms with Gasteiger partial charge in [-0.2, -0.15) is 0 Å². The molecule has 0 aliphatic heterocycles. The summed E-state index contributed by atoms with van der Waals surface area (Å²) in [5.74, 6) is -0.401. The number of anilines is 1. The molecule has 104 valence electrons. The zero-order chi connectivity index (χ0) is 14.8. The Morgan fingerprint density at radius 3 is 1.85 bits per heavy atom. The lowest BCUT2D eigenvalue weighted by molar-refractivity contribution is -0.122. The first-order chi connectivity index (χ1) is 9.41. The zero-order valence-corrected chi connectivity index (χ0v) is 12.1.